The van der Waals surface area contributed by atoms with Gasteiger partial charge >= 0.3 is 18.1 Å². The molecule has 0 aliphatic carbocycles. The van der Waals surface area contributed by atoms with Crippen molar-refractivity contribution in [2.75, 3.05) is 11.9 Å². The van der Waals surface area contributed by atoms with Crippen LogP contribution in [0.1, 0.15) is 11.5 Å². The number of rotatable bonds is 5. The third-order valence-corrected chi connectivity index (χ3v) is 2.77. The lowest BCUT2D eigenvalue weighted by Gasteiger charge is -2.10. The van der Waals surface area contributed by atoms with Crippen LogP contribution in [0.4, 0.5) is 23.7 Å². The van der Waals surface area contributed by atoms with Crippen LogP contribution in [0.25, 0.3) is 11.4 Å². The number of aryl methyl sites for hydroxylation is 1. The molecule has 0 saturated heterocycles. The monoisotopic (exact) mass is 342 g/mol. The van der Waals surface area contributed by atoms with Crippen molar-refractivity contribution < 1.29 is 27.3 Å². The van der Waals surface area contributed by atoms with E-state index >= 15 is 0 Å². The molecule has 0 aliphatic heterocycles. The van der Waals surface area contributed by atoms with Crippen molar-refractivity contribution in [3.8, 4) is 11.4 Å². The molecule has 0 unspecified atom stereocenters. The van der Waals surface area contributed by atoms with Crippen molar-refractivity contribution in [1.82, 2.24) is 15.6 Å². The van der Waals surface area contributed by atoms with Crippen molar-refractivity contribution in [2.24, 2.45) is 0 Å². The van der Waals surface area contributed by atoms with Crippen molar-refractivity contribution in [3.05, 3.63) is 42.3 Å². The SMILES string of the molecule is C=CCONC(=O)Nc1ccc(-c2noc(C(F)(F)F)n2)cc1C. The maximum atomic E-state index is 12.5. The van der Waals surface area contributed by atoms with E-state index in [0.717, 1.165) is 0 Å². The van der Waals surface area contributed by atoms with Crippen molar-refractivity contribution in [3.63, 3.8) is 0 Å². The number of carbonyl (C=O) groups is 1. The van der Waals surface area contributed by atoms with Crippen molar-refractivity contribution in [2.45, 2.75) is 13.1 Å². The van der Waals surface area contributed by atoms with E-state index < -0.39 is 18.1 Å². The van der Waals surface area contributed by atoms with Gasteiger partial charge in [-0.05, 0) is 30.7 Å². The van der Waals surface area contributed by atoms with E-state index in [1.807, 2.05) is 0 Å². The Hall–Kier alpha value is -2.88. The minimum absolute atomic E-state index is 0.144. The Kier molecular flexibility index (Phi) is 5.19. The van der Waals surface area contributed by atoms with E-state index in [2.05, 4.69) is 32.0 Å². The van der Waals surface area contributed by atoms with Crippen LogP contribution in [0.15, 0.2) is 35.4 Å². The molecule has 1 aromatic carbocycles. The van der Waals surface area contributed by atoms with Crippen LogP contribution in [0, 0.1) is 6.92 Å². The third-order valence-electron chi connectivity index (χ3n) is 2.77. The van der Waals surface area contributed by atoms with Gasteiger partial charge in [0.2, 0.25) is 5.82 Å². The van der Waals surface area contributed by atoms with Crippen LogP contribution in [0.3, 0.4) is 0 Å². The Bertz CT molecular complexity index is 743. The molecule has 0 bridgehead atoms. The molecule has 0 saturated carbocycles. The fourth-order valence-electron chi connectivity index (χ4n) is 1.71. The molecule has 0 atom stereocenters. The molecule has 0 spiro atoms. The summed E-state index contributed by atoms with van der Waals surface area (Å²) < 4.78 is 41.6. The first-order chi connectivity index (χ1) is 11.3. The molecule has 2 rings (SSSR count). The lowest BCUT2D eigenvalue weighted by Crippen LogP contribution is -2.29. The molecular formula is C14H13F3N4O3. The summed E-state index contributed by atoms with van der Waals surface area (Å²) in [5.74, 6) is -1.62. The minimum Gasteiger partial charge on any atom is -0.329 e. The van der Waals surface area contributed by atoms with E-state index in [1.54, 1.807) is 6.92 Å². The largest absolute Gasteiger partial charge is 0.471 e. The number of alkyl halides is 3. The Labute approximate surface area is 134 Å². The predicted octanol–water partition coefficient (Wildman–Crippen LogP) is 3.30. The number of carbonyl (C=O) groups excluding carboxylic acids is 1. The smallest absolute Gasteiger partial charge is 0.329 e. The normalized spacial score (nSPS) is 11.2. The molecule has 1 heterocycles. The molecule has 128 valence electrons. The van der Waals surface area contributed by atoms with E-state index in [1.165, 1.54) is 24.3 Å². The molecule has 0 fully saturated rings. The molecule has 2 N–H and O–H groups in total. The number of aromatic nitrogens is 2. The number of halogens is 3. The topological polar surface area (TPSA) is 89.3 Å². The Balaban J connectivity index is 2.10. The van der Waals surface area contributed by atoms with Gasteiger partial charge in [0, 0.05) is 11.3 Å². The molecule has 10 heteroatoms. The number of nitrogens with zero attached hydrogens (tertiary/aromatic N) is 2. The molecule has 1 aromatic heterocycles. The molecule has 24 heavy (non-hydrogen) atoms. The van der Waals surface area contributed by atoms with Crippen LogP contribution < -0.4 is 10.8 Å². The highest BCUT2D eigenvalue weighted by molar-refractivity contribution is 5.89. The summed E-state index contributed by atoms with van der Waals surface area (Å²) in [6.45, 7) is 5.23. The van der Waals surface area contributed by atoms with Gasteiger partial charge in [-0.15, -0.1) is 6.58 Å². The number of hydrogen-bond acceptors (Lipinski definition) is 5. The fraction of sp³-hybridized carbons (Fsp3) is 0.214. The van der Waals surface area contributed by atoms with Gasteiger partial charge in [0.1, 0.15) is 0 Å². The van der Waals surface area contributed by atoms with Crippen molar-refractivity contribution >= 4 is 11.7 Å². The van der Waals surface area contributed by atoms with Gasteiger partial charge in [0.25, 0.3) is 0 Å². The first-order valence-electron chi connectivity index (χ1n) is 6.63. The van der Waals surface area contributed by atoms with E-state index in [0.29, 0.717) is 16.8 Å². The van der Waals surface area contributed by atoms with Gasteiger partial charge in [-0.2, -0.15) is 18.2 Å². The molecule has 7 nitrogen and oxygen atoms in total. The number of hydroxylamine groups is 1. The van der Waals surface area contributed by atoms with Gasteiger partial charge in [0.05, 0.1) is 6.61 Å². The number of urea groups is 1. The number of anilines is 1. The summed E-state index contributed by atoms with van der Waals surface area (Å²) in [7, 11) is 0. The number of amides is 2. The number of nitrogens with one attached hydrogen (secondary N) is 2. The third kappa shape index (κ3) is 4.32. The second kappa shape index (κ2) is 7.13. The van der Waals surface area contributed by atoms with Crippen LogP contribution in [0.5, 0.6) is 0 Å². The van der Waals surface area contributed by atoms with Gasteiger partial charge in [0.15, 0.2) is 0 Å². The fourth-order valence-corrected chi connectivity index (χ4v) is 1.71. The zero-order valence-corrected chi connectivity index (χ0v) is 12.5. The average molecular weight is 342 g/mol. The van der Waals surface area contributed by atoms with Gasteiger partial charge in [-0.25, -0.2) is 10.3 Å². The summed E-state index contributed by atoms with van der Waals surface area (Å²) in [5, 5.41) is 5.82. The molecule has 2 aromatic rings. The maximum absolute atomic E-state index is 12.5. The Morgan fingerprint density at radius 2 is 2.21 bits per heavy atom. The Morgan fingerprint density at radius 3 is 2.79 bits per heavy atom. The average Bonchev–Trinajstić information content (AvgIpc) is 2.99. The number of hydrogen-bond donors (Lipinski definition) is 2. The highest BCUT2D eigenvalue weighted by Crippen LogP contribution is 2.30. The second-order valence-corrected chi connectivity index (χ2v) is 4.61. The minimum atomic E-state index is -4.70. The van der Waals surface area contributed by atoms with Crippen LogP contribution >= 0.6 is 0 Å². The lowest BCUT2D eigenvalue weighted by molar-refractivity contribution is -0.159. The van der Waals surface area contributed by atoms with Crippen LogP contribution in [-0.4, -0.2) is 22.8 Å². The standard InChI is InChI=1S/C14H13F3N4O3/c1-3-6-23-21-13(22)18-10-5-4-9(7-8(10)2)11-19-12(24-20-11)14(15,16)17/h3-5,7H,1,6H2,2H3,(H2,18,21,22). The van der Waals surface area contributed by atoms with Crippen LogP contribution in [0.2, 0.25) is 0 Å². The van der Waals surface area contributed by atoms with E-state index in [-0.39, 0.29) is 12.4 Å². The zero-order chi connectivity index (χ0) is 17.7. The molecule has 0 aliphatic rings. The first kappa shape index (κ1) is 17.5. The molecule has 2 amide bonds. The van der Waals surface area contributed by atoms with Crippen LogP contribution in [-0.2, 0) is 11.0 Å². The van der Waals surface area contributed by atoms with Crippen molar-refractivity contribution in [1.29, 1.82) is 0 Å². The summed E-state index contributed by atoms with van der Waals surface area (Å²) in [6.07, 6.45) is -3.24. The highest BCUT2D eigenvalue weighted by atomic mass is 19.4. The van der Waals surface area contributed by atoms with Gasteiger partial charge < -0.3 is 9.84 Å². The van der Waals surface area contributed by atoms with E-state index in [4.69, 9.17) is 4.84 Å². The summed E-state index contributed by atoms with van der Waals surface area (Å²) in [4.78, 5) is 19.6. The summed E-state index contributed by atoms with van der Waals surface area (Å²) >= 11 is 0. The van der Waals surface area contributed by atoms with Gasteiger partial charge in [-0.1, -0.05) is 11.2 Å². The number of benzene rings is 1. The summed E-state index contributed by atoms with van der Waals surface area (Å²) in [5.41, 5.74) is 3.49. The quantitative estimate of drug-likeness (QED) is 0.494. The Morgan fingerprint density at radius 1 is 1.46 bits per heavy atom. The molecular weight excluding hydrogens is 329 g/mol. The maximum Gasteiger partial charge on any atom is 0.471 e. The van der Waals surface area contributed by atoms with Gasteiger partial charge in [-0.3, -0.25) is 4.84 Å². The zero-order valence-electron chi connectivity index (χ0n) is 12.5. The summed E-state index contributed by atoms with van der Waals surface area (Å²) in [6, 6.07) is 3.87. The first-order valence-corrected chi connectivity index (χ1v) is 6.63. The predicted molar refractivity (Wildman–Crippen MR) is 77.8 cm³/mol. The lowest BCUT2D eigenvalue weighted by atomic mass is 10.1. The highest BCUT2D eigenvalue weighted by Gasteiger charge is 2.38. The second-order valence-electron chi connectivity index (χ2n) is 4.61. The van der Waals surface area contributed by atoms with E-state index in [9.17, 15) is 18.0 Å². The molecule has 0 radical (unpaired) electrons.